The highest BCUT2D eigenvalue weighted by Gasteiger charge is 2.22. The monoisotopic (exact) mass is 372 g/mol. The second kappa shape index (κ2) is 8.56. The van der Waals surface area contributed by atoms with Crippen LogP contribution in [0.3, 0.4) is 0 Å². The van der Waals surface area contributed by atoms with E-state index in [1.165, 1.54) is 62.6 Å². The average molecular weight is 372 g/mol. The molecule has 2 aromatic rings. The summed E-state index contributed by atoms with van der Waals surface area (Å²) in [6.45, 7) is 1.34. The van der Waals surface area contributed by atoms with Gasteiger partial charge in [0.1, 0.15) is 5.69 Å². The van der Waals surface area contributed by atoms with Gasteiger partial charge in [0.05, 0.1) is 23.2 Å². The molecule has 0 radical (unpaired) electrons. The van der Waals surface area contributed by atoms with Crippen molar-refractivity contribution in [2.45, 2.75) is 13.0 Å². The van der Waals surface area contributed by atoms with Crippen LogP contribution >= 0.6 is 0 Å². The molecule has 0 spiro atoms. The molecule has 1 atom stereocenters. The summed E-state index contributed by atoms with van der Waals surface area (Å²) < 4.78 is 9.62. The van der Waals surface area contributed by atoms with E-state index in [1.54, 1.807) is 0 Å². The van der Waals surface area contributed by atoms with Gasteiger partial charge in [-0.25, -0.2) is 9.59 Å². The van der Waals surface area contributed by atoms with Crippen molar-refractivity contribution in [1.82, 2.24) is 0 Å². The van der Waals surface area contributed by atoms with E-state index >= 15 is 0 Å². The van der Waals surface area contributed by atoms with Crippen molar-refractivity contribution in [3.8, 4) is 0 Å². The number of nitrogens with zero attached hydrogens (tertiary/aromatic N) is 1. The fourth-order valence-corrected chi connectivity index (χ4v) is 2.12. The van der Waals surface area contributed by atoms with Crippen LogP contribution in [-0.4, -0.2) is 36.0 Å². The number of para-hydroxylation sites is 2. The van der Waals surface area contributed by atoms with Crippen molar-refractivity contribution in [3.63, 3.8) is 0 Å². The number of esters is 2. The molecule has 0 aromatic heterocycles. The Morgan fingerprint density at radius 3 is 2.11 bits per heavy atom. The van der Waals surface area contributed by atoms with Crippen molar-refractivity contribution in [2.75, 3.05) is 12.4 Å². The van der Waals surface area contributed by atoms with Crippen LogP contribution in [0.5, 0.6) is 0 Å². The second-order valence-electron chi connectivity index (χ2n) is 5.38. The highest BCUT2D eigenvalue weighted by molar-refractivity contribution is 5.99. The molecule has 0 fully saturated rings. The zero-order valence-corrected chi connectivity index (χ0v) is 14.5. The van der Waals surface area contributed by atoms with E-state index in [0.717, 1.165) is 0 Å². The Balaban J connectivity index is 2.03. The van der Waals surface area contributed by atoms with Gasteiger partial charge in [-0.3, -0.25) is 14.9 Å². The molecule has 140 valence electrons. The number of amides is 1. The molecule has 1 unspecified atom stereocenters. The van der Waals surface area contributed by atoms with E-state index in [2.05, 4.69) is 10.1 Å². The van der Waals surface area contributed by atoms with Crippen LogP contribution < -0.4 is 5.32 Å². The molecule has 0 saturated heterocycles. The lowest BCUT2D eigenvalue weighted by atomic mass is 10.1. The van der Waals surface area contributed by atoms with E-state index < -0.39 is 28.9 Å². The maximum atomic E-state index is 12.2. The zero-order chi connectivity index (χ0) is 20.0. The zero-order valence-electron chi connectivity index (χ0n) is 14.5. The Kier molecular flexibility index (Phi) is 6.21. The van der Waals surface area contributed by atoms with Gasteiger partial charge in [0.15, 0.2) is 6.10 Å². The maximum Gasteiger partial charge on any atom is 0.338 e. The highest BCUT2D eigenvalue weighted by atomic mass is 16.6. The minimum atomic E-state index is -1.20. The molecule has 1 N–H and O–H groups in total. The first-order valence-electron chi connectivity index (χ1n) is 7.77. The molecular weight excluding hydrogens is 356 g/mol. The van der Waals surface area contributed by atoms with Crippen LogP contribution in [0.1, 0.15) is 27.6 Å². The van der Waals surface area contributed by atoms with Crippen LogP contribution in [-0.2, 0) is 14.3 Å². The van der Waals surface area contributed by atoms with Crippen molar-refractivity contribution >= 4 is 29.2 Å². The molecule has 9 nitrogen and oxygen atoms in total. The van der Waals surface area contributed by atoms with E-state index in [1.807, 2.05) is 0 Å². The molecule has 0 bridgehead atoms. The number of nitro groups is 1. The number of carbonyl (C=O) groups excluding carboxylic acids is 3. The predicted molar refractivity (Wildman–Crippen MR) is 94.4 cm³/mol. The molecule has 1 amide bonds. The van der Waals surface area contributed by atoms with E-state index in [-0.39, 0.29) is 22.5 Å². The number of ether oxygens (including phenoxy) is 2. The number of nitro benzene ring substituents is 1. The SMILES string of the molecule is COC(=O)c1ccc(C(=O)OC(C)C(=O)Nc2ccccc2[N+](=O)[O-])cc1. The number of rotatable bonds is 6. The third-order valence-corrected chi connectivity index (χ3v) is 3.55. The largest absolute Gasteiger partial charge is 0.465 e. The third kappa shape index (κ3) is 4.88. The molecule has 0 saturated carbocycles. The van der Waals surface area contributed by atoms with Gasteiger partial charge in [-0.15, -0.1) is 0 Å². The van der Waals surface area contributed by atoms with Crippen LogP contribution in [0.4, 0.5) is 11.4 Å². The summed E-state index contributed by atoms with van der Waals surface area (Å²) in [6, 6.07) is 11.1. The van der Waals surface area contributed by atoms with Gasteiger partial charge in [0, 0.05) is 6.07 Å². The summed E-state index contributed by atoms with van der Waals surface area (Å²) in [5, 5.41) is 13.3. The summed E-state index contributed by atoms with van der Waals surface area (Å²) >= 11 is 0. The number of methoxy groups -OCH3 is 1. The van der Waals surface area contributed by atoms with Crippen LogP contribution in [0.15, 0.2) is 48.5 Å². The molecule has 0 aliphatic rings. The minimum Gasteiger partial charge on any atom is -0.465 e. The molecule has 2 aromatic carbocycles. The Labute approximate surface area is 154 Å². The van der Waals surface area contributed by atoms with Crippen LogP contribution in [0, 0.1) is 10.1 Å². The first-order chi connectivity index (χ1) is 12.8. The minimum absolute atomic E-state index is 0.00201. The number of hydrogen-bond donors (Lipinski definition) is 1. The molecular formula is C18H16N2O7. The fourth-order valence-electron chi connectivity index (χ4n) is 2.12. The van der Waals surface area contributed by atoms with Gasteiger partial charge in [0.25, 0.3) is 11.6 Å². The summed E-state index contributed by atoms with van der Waals surface area (Å²) in [7, 11) is 1.24. The molecule has 0 heterocycles. The smallest absolute Gasteiger partial charge is 0.338 e. The lowest BCUT2D eigenvalue weighted by Crippen LogP contribution is -2.30. The summed E-state index contributed by atoms with van der Waals surface area (Å²) in [5.74, 6) is -2.05. The van der Waals surface area contributed by atoms with E-state index in [0.29, 0.717) is 0 Å². The molecule has 2 rings (SSSR count). The first-order valence-corrected chi connectivity index (χ1v) is 7.77. The normalized spacial score (nSPS) is 11.2. The standard InChI is InChI=1S/C18H16N2O7/c1-11(16(21)19-14-5-3-4-6-15(14)20(24)25)27-18(23)13-9-7-12(8-10-13)17(22)26-2/h3-11H,1-2H3,(H,19,21). The second-order valence-corrected chi connectivity index (χ2v) is 5.38. The van der Waals surface area contributed by atoms with Crippen LogP contribution in [0.2, 0.25) is 0 Å². The summed E-state index contributed by atoms with van der Waals surface area (Å²) in [5.41, 5.74) is 0.116. The Morgan fingerprint density at radius 2 is 1.56 bits per heavy atom. The summed E-state index contributed by atoms with van der Waals surface area (Å²) in [6.07, 6.45) is -1.20. The first kappa shape index (κ1) is 19.6. The topological polar surface area (TPSA) is 125 Å². The maximum absolute atomic E-state index is 12.2. The number of anilines is 1. The van der Waals surface area contributed by atoms with Crippen molar-refractivity contribution in [3.05, 3.63) is 69.8 Å². The number of benzene rings is 2. The third-order valence-electron chi connectivity index (χ3n) is 3.55. The Morgan fingerprint density at radius 1 is 1.00 bits per heavy atom. The Bertz CT molecular complexity index is 878. The van der Waals surface area contributed by atoms with Crippen LogP contribution in [0.25, 0.3) is 0 Å². The molecule has 9 heteroatoms. The number of nitrogens with one attached hydrogen (secondary N) is 1. The van der Waals surface area contributed by atoms with Crippen molar-refractivity contribution < 1.29 is 28.8 Å². The fraction of sp³-hybridized carbons (Fsp3) is 0.167. The van der Waals surface area contributed by atoms with Gasteiger partial charge in [-0.2, -0.15) is 0 Å². The van der Waals surface area contributed by atoms with Gasteiger partial charge in [-0.05, 0) is 37.3 Å². The van der Waals surface area contributed by atoms with E-state index in [4.69, 9.17) is 4.74 Å². The summed E-state index contributed by atoms with van der Waals surface area (Å²) in [4.78, 5) is 46.0. The van der Waals surface area contributed by atoms with Gasteiger partial charge in [0.2, 0.25) is 0 Å². The molecule has 27 heavy (non-hydrogen) atoms. The highest BCUT2D eigenvalue weighted by Crippen LogP contribution is 2.23. The lowest BCUT2D eigenvalue weighted by molar-refractivity contribution is -0.383. The Hall–Kier alpha value is -3.75. The van der Waals surface area contributed by atoms with Gasteiger partial charge in [-0.1, -0.05) is 12.1 Å². The van der Waals surface area contributed by atoms with Crippen molar-refractivity contribution in [2.24, 2.45) is 0 Å². The predicted octanol–water partition coefficient (Wildman–Crippen LogP) is 2.57. The molecule has 0 aliphatic heterocycles. The van der Waals surface area contributed by atoms with Gasteiger partial charge < -0.3 is 14.8 Å². The quantitative estimate of drug-likeness (QED) is 0.469. The van der Waals surface area contributed by atoms with Gasteiger partial charge >= 0.3 is 11.9 Å². The molecule has 0 aliphatic carbocycles. The van der Waals surface area contributed by atoms with Crippen molar-refractivity contribution in [1.29, 1.82) is 0 Å². The van der Waals surface area contributed by atoms with E-state index in [9.17, 15) is 24.5 Å². The lowest BCUT2D eigenvalue weighted by Gasteiger charge is -2.13. The number of hydrogen-bond acceptors (Lipinski definition) is 7. The number of carbonyl (C=O) groups is 3. The average Bonchev–Trinajstić information content (AvgIpc) is 2.67.